The lowest BCUT2D eigenvalue weighted by Crippen LogP contribution is -2.24. The predicted octanol–water partition coefficient (Wildman–Crippen LogP) is 4.25. The molecule has 0 aliphatic carbocycles. The molecular weight excluding hydrogens is 352 g/mol. The van der Waals surface area contributed by atoms with Gasteiger partial charge in [0.2, 0.25) is 0 Å². The Balaban J connectivity index is 1.63. The zero-order valence-corrected chi connectivity index (χ0v) is 16.3. The summed E-state index contributed by atoms with van der Waals surface area (Å²) in [7, 11) is 0. The first-order valence-electron chi connectivity index (χ1n) is 9.20. The van der Waals surface area contributed by atoms with E-state index < -0.39 is 0 Å². The number of rotatable bonds is 7. The van der Waals surface area contributed by atoms with E-state index in [0.29, 0.717) is 18.1 Å². The van der Waals surface area contributed by atoms with Crippen LogP contribution in [0.5, 0.6) is 5.75 Å². The van der Waals surface area contributed by atoms with Gasteiger partial charge in [-0.1, -0.05) is 24.3 Å². The quantitative estimate of drug-likeness (QED) is 0.645. The van der Waals surface area contributed by atoms with Gasteiger partial charge in [-0.25, -0.2) is 9.97 Å². The molecule has 0 aliphatic heterocycles. The molecule has 0 aliphatic rings. The van der Waals surface area contributed by atoms with Crippen LogP contribution in [0.1, 0.15) is 35.5 Å². The highest BCUT2D eigenvalue weighted by Gasteiger charge is 2.09. The molecule has 0 atom stereocenters. The smallest absolute Gasteiger partial charge is 0.270 e. The number of nitrogens with one attached hydrogen (secondary N) is 2. The third-order valence-corrected chi connectivity index (χ3v) is 4.10. The van der Waals surface area contributed by atoms with Crippen molar-refractivity contribution in [3.05, 3.63) is 77.7 Å². The molecule has 6 nitrogen and oxygen atoms in total. The van der Waals surface area contributed by atoms with Gasteiger partial charge in [-0.05, 0) is 56.2 Å². The first kappa shape index (κ1) is 19.4. The van der Waals surface area contributed by atoms with Crippen molar-refractivity contribution in [2.24, 2.45) is 0 Å². The lowest BCUT2D eigenvalue weighted by atomic mass is 10.1. The fourth-order valence-electron chi connectivity index (χ4n) is 2.66. The molecule has 0 bridgehead atoms. The minimum Gasteiger partial charge on any atom is -0.491 e. The fourth-order valence-corrected chi connectivity index (χ4v) is 2.66. The highest BCUT2D eigenvalue weighted by molar-refractivity contribution is 5.92. The number of nitrogens with zero attached hydrogens (tertiary/aromatic N) is 2. The molecule has 0 saturated carbocycles. The van der Waals surface area contributed by atoms with E-state index >= 15 is 0 Å². The zero-order valence-electron chi connectivity index (χ0n) is 16.3. The first-order chi connectivity index (χ1) is 13.5. The summed E-state index contributed by atoms with van der Waals surface area (Å²) in [4.78, 5) is 20.7. The van der Waals surface area contributed by atoms with Crippen molar-refractivity contribution in [3.8, 4) is 5.75 Å². The first-order valence-corrected chi connectivity index (χ1v) is 9.20. The zero-order chi connectivity index (χ0) is 19.9. The molecule has 2 N–H and O–H groups in total. The molecule has 144 valence electrons. The average Bonchev–Trinajstić information content (AvgIpc) is 2.68. The van der Waals surface area contributed by atoms with E-state index in [4.69, 9.17) is 4.74 Å². The van der Waals surface area contributed by atoms with Crippen LogP contribution in [0.2, 0.25) is 0 Å². The van der Waals surface area contributed by atoms with E-state index in [1.165, 1.54) is 6.33 Å². The number of hydrogen-bond donors (Lipinski definition) is 2. The molecule has 0 fully saturated rings. The van der Waals surface area contributed by atoms with E-state index in [-0.39, 0.29) is 12.0 Å². The van der Waals surface area contributed by atoms with Crippen molar-refractivity contribution in [1.82, 2.24) is 15.3 Å². The molecule has 28 heavy (non-hydrogen) atoms. The standard InChI is InChI=1S/C22H24N4O2/c1-15(2)28-19-10-8-18(9-11-19)26-21-12-20(24-14-25-21)22(27)23-13-17-7-5-4-6-16(17)3/h4-12,14-15H,13H2,1-3H3,(H,23,27)(H,24,25,26). The summed E-state index contributed by atoms with van der Waals surface area (Å²) >= 11 is 0. The second-order valence-corrected chi connectivity index (χ2v) is 6.71. The Morgan fingerprint density at radius 1 is 1.07 bits per heavy atom. The van der Waals surface area contributed by atoms with Gasteiger partial charge in [-0.3, -0.25) is 4.79 Å². The monoisotopic (exact) mass is 376 g/mol. The normalized spacial score (nSPS) is 10.6. The largest absolute Gasteiger partial charge is 0.491 e. The Labute approximate surface area is 165 Å². The van der Waals surface area contributed by atoms with Gasteiger partial charge in [0.15, 0.2) is 0 Å². The van der Waals surface area contributed by atoms with Crippen LogP contribution in [-0.2, 0) is 6.54 Å². The molecule has 0 radical (unpaired) electrons. The van der Waals surface area contributed by atoms with Crippen molar-refractivity contribution >= 4 is 17.4 Å². The van der Waals surface area contributed by atoms with Gasteiger partial charge in [0.1, 0.15) is 23.6 Å². The van der Waals surface area contributed by atoms with Crippen molar-refractivity contribution in [1.29, 1.82) is 0 Å². The Hall–Kier alpha value is -3.41. The fraction of sp³-hybridized carbons (Fsp3) is 0.227. The minimum absolute atomic E-state index is 0.126. The van der Waals surface area contributed by atoms with Gasteiger partial charge in [0.25, 0.3) is 5.91 Å². The summed E-state index contributed by atoms with van der Waals surface area (Å²) in [6.45, 7) is 6.44. The highest BCUT2D eigenvalue weighted by Crippen LogP contribution is 2.20. The van der Waals surface area contributed by atoms with E-state index in [9.17, 15) is 4.79 Å². The molecule has 1 amide bonds. The van der Waals surface area contributed by atoms with Crippen LogP contribution in [0, 0.1) is 6.92 Å². The summed E-state index contributed by atoms with van der Waals surface area (Å²) in [5.41, 5.74) is 3.37. The van der Waals surface area contributed by atoms with E-state index in [0.717, 1.165) is 22.6 Å². The van der Waals surface area contributed by atoms with E-state index in [1.807, 2.05) is 69.3 Å². The number of benzene rings is 2. The van der Waals surface area contributed by atoms with Gasteiger partial charge >= 0.3 is 0 Å². The summed E-state index contributed by atoms with van der Waals surface area (Å²) in [5.74, 6) is 1.11. The maximum absolute atomic E-state index is 12.4. The van der Waals surface area contributed by atoms with Crippen LogP contribution >= 0.6 is 0 Å². The molecule has 6 heteroatoms. The number of amides is 1. The SMILES string of the molecule is Cc1ccccc1CNC(=O)c1cc(Nc2ccc(OC(C)C)cc2)ncn1. The van der Waals surface area contributed by atoms with Gasteiger partial charge in [0.05, 0.1) is 6.10 Å². The van der Waals surface area contributed by atoms with Crippen molar-refractivity contribution < 1.29 is 9.53 Å². The van der Waals surface area contributed by atoms with Gasteiger partial charge in [-0.15, -0.1) is 0 Å². The maximum Gasteiger partial charge on any atom is 0.270 e. The minimum atomic E-state index is -0.241. The van der Waals surface area contributed by atoms with Crippen LogP contribution in [0.4, 0.5) is 11.5 Å². The van der Waals surface area contributed by atoms with Crippen molar-refractivity contribution in [2.45, 2.75) is 33.4 Å². The number of carbonyl (C=O) groups excluding carboxylic acids is 1. The van der Waals surface area contributed by atoms with E-state index in [2.05, 4.69) is 20.6 Å². The third-order valence-electron chi connectivity index (χ3n) is 4.10. The second kappa shape index (κ2) is 8.99. The summed E-state index contributed by atoms with van der Waals surface area (Å²) < 4.78 is 5.64. The summed E-state index contributed by atoms with van der Waals surface area (Å²) in [6, 6.07) is 17.2. The van der Waals surface area contributed by atoms with Crippen LogP contribution in [0.3, 0.4) is 0 Å². The van der Waals surface area contributed by atoms with Crippen LogP contribution in [0.25, 0.3) is 0 Å². The number of ether oxygens (including phenoxy) is 1. The summed E-state index contributed by atoms with van der Waals surface area (Å²) in [5, 5.41) is 6.08. The topological polar surface area (TPSA) is 76.1 Å². The molecule has 3 aromatic rings. The Bertz CT molecular complexity index is 939. The Morgan fingerprint density at radius 3 is 2.54 bits per heavy atom. The molecule has 1 heterocycles. The molecule has 0 unspecified atom stereocenters. The van der Waals surface area contributed by atoms with Gasteiger partial charge in [-0.2, -0.15) is 0 Å². The van der Waals surface area contributed by atoms with Gasteiger partial charge < -0.3 is 15.4 Å². The number of hydrogen-bond acceptors (Lipinski definition) is 5. The molecule has 1 aromatic heterocycles. The lowest BCUT2D eigenvalue weighted by molar-refractivity contribution is 0.0945. The van der Waals surface area contributed by atoms with Crippen molar-refractivity contribution in [3.63, 3.8) is 0 Å². The number of anilines is 2. The van der Waals surface area contributed by atoms with Crippen LogP contribution < -0.4 is 15.4 Å². The second-order valence-electron chi connectivity index (χ2n) is 6.71. The van der Waals surface area contributed by atoms with Crippen molar-refractivity contribution in [2.75, 3.05) is 5.32 Å². The van der Waals surface area contributed by atoms with Crippen LogP contribution in [0.15, 0.2) is 60.9 Å². The van der Waals surface area contributed by atoms with Gasteiger partial charge in [0, 0.05) is 18.3 Å². The Morgan fingerprint density at radius 2 is 1.82 bits per heavy atom. The molecule has 2 aromatic carbocycles. The summed E-state index contributed by atoms with van der Waals surface area (Å²) in [6.07, 6.45) is 1.50. The van der Waals surface area contributed by atoms with Crippen LogP contribution in [-0.4, -0.2) is 22.0 Å². The molecule has 0 saturated heterocycles. The molecule has 0 spiro atoms. The average molecular weight is 376 g/mol. The Kier molecular flexibility index (Phi) is 6.22. The number of carbonyl (C=O) groups is 1. The number of aromatic nitrogens is 2. The highest BCUT2D eigenvalue weighted by atomic mass is 16.5. The maximum atomic E-state index is 12.4. The molecule has 3 rings (SSSR count). The predicted molar refractivity (Wildman–Crippen MR) is 110 cm³/mol. The lowest BCUT2D eigenvalue weighted by Gasteiger charge is -2.11. The van der Waals surface area contributed by atoms with E-state index in [1.54, 1.807) is 6.07 Å². The number of aryl methyl sites for hydroxylation is 1. The third kappa shape index (κ3) is 5.30. The molecular formula is C22H24N4O2.